The van der Waals surface area contributed by atoms with E-state index in [1.807, 2.05) is 12.1 Å². The van der Waals surface area contributed by atoms with Gasteiger partial charge in [0.2, 0.25) is 0 Å². The van der Waals surface area contributed by atoms with Crippen LogP contribution in [0.3, 0.4) is 0 Å². The monoisotopic (exact) mass is 365 g/mol. The molecule has 0 radical (unpaired) electrons. The number of aromatic nitrogens is 4. The van der Waals surface area contributed by atoms with E-state index in [9.17, 15) is 9.18 Å². The Morgan fingerprint density at radius 2 is 1.96 bits per heavy atom. The Labute approximate surface area is 156 Å². The molecule has 3 heterocycles. The first kappa shape index (κ1) is 17.3. The highest BCUT2D eigenvalue weighted by molar-refractivity contribution is 5.94. The third kappa shape index (κ3) is 4.02. The summed E-state index contributed by atoms with van der Waals surface area (Å²) in [4.78, 5) is 22.9. The summed E-state index contributed by atoms with van der Waals surface area (Å²) in [5.41, 5.74) is 1.34. The molecule has 0 aliphatic carbocycles. The zero-order valence-electron chi connectivity index (χ0n) is 14.8. The summed E-state index contributed by atoms with van der Waals surface area (Å²) in [7, 11) is 0. The van der Waals surface area contributed by atoms with Crippen LogP contribution in [0.5, 0.6) is 0 Å². The van der Waals surface area contributed by atoms with E-state index >= 15 is 0 Å². The Kier molecular flexibility index (Phi) is 4.91. The van der Waals surface area contributed by atoms with E-state index in [0.29, 0.717) is 30.4 Å². The van der Waals surface area contributed by atoms with Gasteiger partial charge in [0, 0.05) is 43.0 Å². The maximum Gasteiger partial charge on any atom is 0.253 e. The number of pyridine rings is 1. The Hall–Kier alpha value is -3.09. The standard InChI is InChI=1S/C20H20FN5O/c21-17-3-1-2-16(13-17)20(27)26-10-6-14(7-11-26)12-18-23-19(25-24-18)15-4-8-22-9-5-15/h1-5,8-9,13-14H,6-7,10-12H2,(H,23,24,25). The summed E-state index contributed by atoms with van der Waals surface area (Å²) in [5.74, 6) is 1.49. The van der Waals surface area contributed by atoms with Crippen LogP contribution >= 0.6 is 0 Å². The number of carbonyl (C=O) groups is 1. The number of nitrogens with one attached hydrogen (secondary N) is 1. The molecule has 0 bridgehead atoms. The van der Waals surface area contributed by atoms with Crippen LogP contribution in [0, 0.1) is 11.7 Å². The van der Waals surface area contributed by atoms with Crippen molar-refractivity contribution in [3.63, 3.8) is 0 Å². The summed E-state index contributed by atoms with van der Waals surface area (Å²) in [6.45, 7) is 1.34. The van der Waals surface area contributed by atoms with Gasteiger partial charge in [-0.3, -0.25) is 14.9 Å². The Morgan fingerprint density at radius 3 is 2.70 bits per heavy atom. The first-order chi connectivity index (χ1) is 13.2. The van der Waals surface area contributed by atoms with Crippen molar-refractivity contribution in [3.8, 4) is 11.4 Å². The van der Waals surface area contributed by atoms with Gasteiger partial charge >= 0.3 is 0 Å². The van der Waals surface area contributed by atoms with Gasteiger partial charge in [-0.1, -0.05) is 6.07 Å². The number of hydrogen-bond donors (Lipinski definition) is 1. The molecule has 3 aromatic rings. The van der Waals surface area contributed by atoms with E-state index in [0.717, 1.165) is 30.7 Å². The van der Waals surface area contributed by atoms with E-state index < -0.39 is 0 Å². The maximum atomic E-state index is 13.3. The molecule has 138 valence electrons. The number of H-pyrrole nitrogens is 1. The minimum Gasteiger partial charge on any atom is -0.339 e. The average molecular weight is 365 g/mol. The molecule has 1 saturated heterocycles. The average Bonchev–Trinajstić information content (AvgIpc) is 3.17. The second-order valence-corrected chi connectivity index (χ2v) is 6.79. The third-order valence-corrected chi connectivity index (χ3v) is 4.93. The normalized spacial score (nSPS) is 15.1. The van der Waals surface area contributed by atoms with Crippen LogP contribution in [0.1, 0.15) is 29.0 Å². The lowest BCUT2D eigenvalue weighted by atomic mass is 9.93. The zero-order valence-corrected chi connectivity index (χ0v) is 14.8. The zero-order chi connectivity index (χ0) is 18.6. The Balaban J connectivity index is 1.33. The molecule has 0 atom stereocenters. The summed E-state index contributed by atoms with van der Waals surface area (Å²) in [5, 5.41) is 7.29. The molecular formula is C20H20FN5O. The largest absolute Gasteiger partial charge is 0.339 e. The van der Waals surface area contributed by atoms with E-state index in [1.165, 1.54) is 12.1 Å². The Bertz CT molecular complexity index is 919. The van der Waals surface area contributed by atoms with Gasteiger partial charge in [-0.2, -0.15) is 5.10 Å². The maximum absolute atomic E-state index is 13.3. The number of benzene rings is 1. The minimum atomic E-state index is -0.383. The first-order valence-electron chi connectivity index (χ1n) is 9.05. The minimum absolute atomic E-state index is 0.104. The number of aromatic amines is 1. The smallest absolute Gasteiger partial charge is 0.253 e. The van der Waals surface area contributed by atoms with Crippen molar-refractivity contribution < 1.29 is 9.18 Å². The third-order valence-electron chi connectivity index (χ3n) is 4.93. The van der Waals surface area contributed by atoms with E-state index in [2.05, 4.69) is 20.2 Å². The van der Waals surface area contributed by atoms with Gasteiger partial charge in [-0.25, -0.2) is 9.37 Å². The molecule has 4 rings (SSSR count). The molecule has 1 N–H and O–H groups in total. The predicted molar refractivity (Wildman–Crippen MR) is 98.3 cm³/mol. The predicted octanol–water partition coefficient (Wildman–Crippen LogP) is 3.10. The fourth-order valence-corrected chi connectivity index (χ4v) is 3.43. The summed E-state index contributed by atoms with van der Waals surface area (Å²) >= 11 is 0. The van der Waals surface area contributed by atoms with Gasteiger partial charge in [0.1, 0.15) is 11.6 Å². The molecule has 7 heteroatoms. The topological polar surface area (TPSA) is 74.8 Å². The summed E-state index contributed by atoms with van der Waals surface area (Å²) < 4.78 is 13.3. The molecule has 2 aromatic heterocycles. The highest BCUT2D eigenvalue weighted by Gasteiger charge is 2.24. The van der Waals surface area contributed by atoms with Crippen LogP contribution < -0.4 is 0 Å². The van der Waals surface area contributed by atoms with E-state index in [4.69, 9.17) is 0 Å². The quantitative estimate of drug-likeness (QED) is 0.771. The van der Waals surface area contributed by atoms with E-state index in [1.54, 1.807) is 29.4 Å². The molecule has 6 nitrogen and oxygen atoms in total. The number of hydrogen-bond acceptors (Lipinski definition) is 4. The number of halogens is 1. The lowest BCUT2D eigenvalue weighted by Gasteiger charge is -2.31. The van der Waals surface area contributed by atoms with Crippen LogP contribution in [0.2, 0.25) is 0 Å². The summed E-state index contributed by atoms with van der Waals surface area (Å²) in [6.07, 6.45) is 6.03. The number of rotatable bonds is 4. The molecule has 1 fully saturated rings. The van der Waals surface area contributed by atoms with Crippen molar-refractivity contribution in [1.82, 2.24) is 25.1 Å². The fraction of sp³-hybridized carbons (Fsp3) is 0.300. The highest BCUT2D eigenvalue weighted by atomic mass is 19.1. The van der Waals surface area contributed by atoms with Crippen molar-refractivity contribution in [2.75, 3.05) is 13.1 Å². The van der Waals surface area contributed by atoms with Gasteiger partial charge in [-0.15, -0.1) is 0 Å². The number of amides is 1. The molecule has 27 heavy (non-hydrogen) atoms. The van der Waals surface area contributed by atoms with Crippen molar-refractivity contribution in [1.29, 1.82) is 0 Å². The van der Waals surface area contributed by atoms with Gasteiger partial charge in [0.05, 0.1) is 0 Å². The number of piperidine rings is 1. The fourth-order valence-electron chi connectivity index (χ4n) is 3.43. The number of nitrogens with zero attached hydrogens (tertiary/aromatic N) is 4. The lowest BCUT2D eigenvalue weighted by molar-refractivity contribution is 0.0689. The molecule has 0 unspecified atom stereocenters. The van der Waals surface area contributed by atoms with Crippen LogP contribution in [0.25, 0.3) is 11.4 Å². The SMILES string of the molecule is O=C(c1cccc(F)c1)N1CCC(Cc2nc(-c3ccncc3)n[nH]2)CC1. The second-order valence-electron chi connectivity index (χ2n) is 6.79. The van der Waals surface area contributed by atoms with Gasteiger partial charge in [0.25, 0.3) is 5.91 Å². The van der Waals surface area contributed by atoms with Crippen LogP contribution in [0.15, 0.2) is 48.8 Å². The number of likely N-dealkylation sites (tertiary alicyclic amines) is 1. The van der Waals surface area contributed by atoms with Crippen molar-refractivity contribution in [2.24, 2.45) is 5.92 Å². The molecule has 0 spiro atoms. The number of carbonyl (C=O) groups excluding carboxylic acids is 1. The van der Waals surface area contributed by atoms with Crippen molar-refractivity contribution >= 4 is 5.91 Å². The van der Waals surface area contributed by atoms with Gasteiger partial charge in [-0.05, 0) is 49.1 Å². The first-order valence-corrected chi connectivity index (χ1v) is 9.05. The van der Waals surface area contributed by atoms with Gasteiger partial charge < -0.3 is 4.90 Å². The molecular weight excluding hydrogens is 345 g/mol. The molecule has 1 aliphatic heterocycles. The van der Waals surface area contributed by atoms with Gasteiger partial charge in [0.15, 0.2) is 5.82 Å². The molecule has 1 aliphatic rings. The van der Waals surface area contributed by atoms with Crippen molar-refractivity contribution in [3.05, 3.63) is 66.0 Å². The van der Waals surface area contributed by atoms with Crippen LogP contribution in [0.4, 0.5) is 4.39 Å². The molecule has 1 aromatic carbocycles. The highest BCUT2D eigenvalue weighted by Crippen LogP contribution is 2.23. The van der Waals surface area contributed by atoms with Crippen molar-refractivity contribution in [2.45, 2.75) is 19.3 Å². The van der Waals surface area contributed by atoms with E-state index in [-0.39, 0.29) is 11.7 Å². The summed E-state index contributed by atoms with van der Waals surface area (Å²) in [6, 6.07) is 9.63. The lowest BCUT2D eigenvalue weighted by Crippen LogP contribution is -2.39. The van der Waals surface area contributed by atoms with Crippen LogP contribution in [-0.4, -0.2) is 44.1 Å². The molecule has 1 amide bonds. The molecule has 0 saturated carbocycles. The van der Waals surface area contributed by atoms with Crippen LogP contribution in [-0.2, 0) is 6.42 Å². The Morgan fingerprint density at radius 1 is 1.19 bits per heavy atom. The second kappa shape index (κ2) is 7.65.